The van der Waals surface area contributed by atoms with Crippen molar-refractivity contribution in [2.75, 3.05) is 5.32 Å². The molecule has 0 bridgehead atoms. The standard InChI is InChI=1S/C10H10N2O4S/c13-7-2-1-6(11-7)9(14)12-5-3-4-17-8(5)10(15)16/h3-4,6H,1-2H2,(H,11,13)(H,12,14)(H,15,16)/t6-/m1/s1. The van der Waals surface area contributed by atoms with E-state index >= 15 is 0 Å². The van der Waals surface area contributed by atoms with Crippen molar-refractivity contribution in [3.63, 3.8) is 0 Å². The molecule has 0 unspecified atom stereocenters. The molecule has 17 heavy (non-hydrogen) atoms. The lowest BCUT2D eigenvalue weighted by atomic mass is 10.2. The van der Waals surface area contributed by atoms with Gasteiger partial charge in [0.15, 0.2) is 0 Å². The Morgan fingerprint density at radius 3 is 2.88 bits per heavy atom. The highest BCUT2D eigenvalue weighted by Gasteiger charge is 2.28. The molecule has 0 aromatic carbocycles. The number of carbonyl (C=O) groups is 3. The number of nitrogens with one attached hydrogen (secondary N) is 2. The van der Waals surface area contributed by atoms with Gasteiger partial charge in [0.1, 0.15) is 10.9 Å². The number of carboxylic acids is 1. The van der Waals surface area contributed by atoms with Crippen LogP contribution < -0.4 is 10.6 Å². The molecule has 0 spiro atoms. The van der Waals surface area contributed by atoms with Crippen molar-refractivity contribution in [3.8, 4) is 0 Å². The van der Waals surface area contributed by atoms with E-state index in [1.165, 1.54) is 6.07 Å². The van der Waals surface area contributed by atoms with Crippen LogP contribution in [-0.2, 0) is 9.59 Å². The van der Waals surface area contributed by atoms with Gasteiger partial charge in [0.2, 0.25) is 11.8 Å². The number of thiophene rings is 1. The molecule has 1 aliphatic heterocycles. The van der Waals surface area contributed by atoms with E-state index in [9.17, 15) is 14.4 Å². The zero-order valence-electron chi connectivity index (χ0n) is 8.73. The fourth-order valence-electron chi connectivity index (χ4n) is 1.60. The monoisotopic (exact) mass is 254 g/mol. The molecule has 2 rings (SSSR count). The molecule has 1 saturated heterocycles. The number of hydrogen-bond acceptors (Lipinski definition) is 4. The summed E-state index contributed by atoms with van der Waals surface area (Å²) in [6, 6.07) is 0.965. The molecule has 0 aliphatic carbocycles. The van der Waals surface area contributed by atoms with Crippen LogP contribution in [0.2, 0.25) is 0 Å². The Morgan fingerprint density at radius 1 is 1.53 bits per heavy atom. The SMILES string of the molecule is O=C1CC[C@H](C(=O)Nc2ccsc2C(=O)O)N1. The summed E-state index contributed by atoms with van der Waals surface area (Å²) >= 11 is 1.04. The highest BCUT2D eigenvalue weighted by molar-refractivity contribution is 7.12. The van der Waals surface area contributed by atoms with Crippen molar-refractivity contribution in [2.45, 2.75) is 18.9 Å². The summed E-state index contributed by atoms with van der Waals surface area (Å²) in [6.07, 6.45) is 0.769. The number of hydrogen-bond donors (Lipinski definition) is 3. The molecule has 3 N–H and O–H groups in total. The Morgan fingerprint density at radius 2 is 2.29 bits per heavy atom. The van der Waals surface area contributed by atoms with Crippen LogP contribution in [0, 0.1) is 0 Å². The Hall–Kier alpha value is -1.89. The van der Waals surface area contributed by atoms with Crippen molar-refractivity contribution in [2.24, 2.45) is 0 Å². The molecule has 2 amide bonds. The summed E-state index contributed by atoms with van der Waals surface area (Å²) < 4.78 is 0. The fourth-order valence-corrected chi connectivity index (χ4v) is 2.29. The van der Waals surface area contributed by atoms with E-state index in [-0.39, 0.29) is 22.4 Å². The second-order valence-electron chi connectivity index (χ2n) is 3.62. The van der Waals surface area contributed by atoms with Gasteiger partial charge in [-0.15, -0.1) is 11.3 Å². The Bertz CT molecular complexity index is 482. The third kappa shape index (κ3) is 2.44. The summed E-state index contributed by atoms with van der Waals surface area (Å²) in [7, 11) is 0. The van der Waals surface area contributed by atoms with Gasteiger partial charge in [-0.2, -0.15) is 0 Å². The van der Waals surface area contributed by atoms with Crippen LogP contribution in [0.3, 0.4) is 0 Å². The zero-order valence-corrected chi connectivity index (χ0v) is 9.54. The van der Waals surface area contributed by atoms with Crippen LogP contribution in [0.1, 0.15) is 22.5 Å². The first-order chi connectivity index (χ1) is 8.08. The Labute approximate surface area is 101 Å². The molecule has 1 aliphatic rings. The van der Waals surface area contributed by atoms with Gasteiger partial charge in [0, 0.05) is 6.42 Å². The molecule has 90 valence electrons. The summed E-state index contributed by atoms with van der Waals surface area (Å²) in [4.78, 5) is 33.6. The van der Waals surface area contributed by atoms with Gasteiger partial charge in [-0.3, -0.25) is 9.59 Å². The van der Waals surface area contributed by atoms with E-state index in [2.05, 4.69) is 10.6 Å². The molecule has 7 heteroatoms. The predicted molar refractivity (Wildman–Crippen MR) is 61.1 cm³/mol. The maximum atomic E-state index is 11.7. The normalized spacial score (nSPS) is 18.8. The van der Waals surface area contributed by atoms with E-state index in [1.54, 1.807) is 5.38 Å². The molecular formula is C10H10N2O4S. The van der Waals surface area contributed by atoms with Crippen LogP contribution >= 0.6 is 11.3 Å². The number of amides is 2. The average Bonchev–Trinajstić information content (AvgIpc) is 2.86. The lowest BCUT2D eigenvalue weighted by Crippen LogP contribution is -2.37. The van der Waals surface area contributed by atoms with Crippen molar-refractivity contribution in [3.05, 3.63) is 16.3 Å². The molecule has 0 saturated carbocycles. The topological polar surface area (TPSA) is 95.5 Å². The summed E-state index contributed by atoms with van der Waals surface area (Å²) in [5.41, 5.74) is 0.272. The number of carboxylic acid groups (broad SMARTS) is 1. The van der Waals surface area contributed by atoms with Crippen LogP contribution in [-0.4, -0.2) is 28.9 Å². The third-order valence-corrected chi connectivity index (χ3v) is 3.33. The molecule has 0 radical (unpaired) electrons. The van der Waals surface area contributed by atoms with Crippen LogP contribution in [0.25, 0.3) is 0 Å². The number of aromatic carboxylic acids is 1. The van der Waals surface area contributed by atoms with Gasteiger partial charge in [0.25, 0.3) is 0 Å². The van der Waals surface area contributed by atoms with E-state index in [0.29, 0.717) is 12.8 Å². The lowest BCUT2D eigenvalue weighted by Gasteiger charge is -2.10. The molecule has 2 heterocycles. The quantitative estimate of drug-likeness (QED) is 0.738. The smallest absolute Gasteiger partial charge is 0.348 e. The van der Waals surface area contributed by atoms with Crippen molar-refractivity contribution in [1.29, 1.82) is 0 Å². The van der Waals surface area contributed by atoms with Gasteiger partial charge in [0.05, 0.1) is 5.69 Å². The lowest BCUT2D eigenvalue weighted by molar-refractivity contribution is -0.122. The maximum Gasteiger partial charge on any atom is 0.348 e. The minimum absolute atomic E-state index is 0.0858. The van der Waals surface area contributed by atoms with Crippen molar-refractivity contribution in [1.82, 2.24) is 5.32 Å². The first kappa shape index (κ1) is 11.6. The highest BCUT2D eigenvalue weighted by atomic mass is 32.1. The second kappa shape index (κ2) is 4.54. The van der Waals surface area contributed by atoms with E-state index in [1.807, 2.05) is 0 Å². The second-order valence-corrected chi connectivity index (χ2v) is 4.53. The van der Waals surface area contributed by atoms with Crippen LogP contribution in [0.5, 0.6) is 0 Å². The zero-order chi connectivity index (χ0) is 12.4. The Balaban J connectivity index is 2.05. The van der Waals surface area contributed by atoms with Gasteiger partial charge < -0.3 is 15.7 Å². The molecule has 1 atom stereocenters. The van der Waals surface area contributed by atoms with Crippen molar-refractivity contribution < 1.29 is 19.5 Å². The summed E-state index contributed by atoms with van der Waals surface area (Å²) in [5.74, 6) is -1.61. The van der Waals surface area contributed by atoms with Crippen LogP contribution in [0.4, 0.5) is 5.69 Å². The first-order valence-corrected chi connectivity index (χ1v) is 5.87. The van der Waals surface area contributed by atoms with Gasteiger partial charge in [-0.05, 0) is 17.9 Å². The maximum absolute atomic E-state index is 11.7. The molecule has 1 aromatic heterocycles. The number of rotatable bonds is 3. The van der Waals surface area contributed by atoms with Crippen LogP contribution in [0.15, 0.2) is 11.4 Å². The largest absolute Gasteiger partial charge is 0.477 e. The van der Waals surface area contributed by atoms with Gasteiger partial charge >= 0.3 is 5.97 Å². The molecule has 1 fully saturated rings. The van der Waals surface area contributed by atoms with Crippen molar-refractivity contribution >= 4 is 34.8 Å². The molecule has 6 nitrogen and oxygen atoms in total. The molecular weight excluding hydrogens is 244 g/mol. The highest BCUT2D eigenvalue weighted by Crippen LogP contribution is 2.22. The van der Waals surface area contributed by atoms with E-state index < -0.39 is 12.0 Å². The minimum atomic E-state index is -1.08. The van der Waals surface area contributed by atoms with Gasteiger partial charge in [-0.1, -0.05) is 0 Å². The first-order valence-electron chi connectivity index (χ1n) is 4.99. The average molecular weight is 254 g/mol. The predicted octanol–water partition coefficient (Wildman–Crippen LogP) is 0.663. The summed E-state index contributed by atoms with van der Waals surface area (Å²) in [5, 5.41) is 15.5. The minimum Gasteiger partial charge on any atom is -0.477 e. The Kier molecular flexibility index (Phi) is 3.10. The molecule has 1 aromatic rings. The van der Waals surface area contributed by atoms with Gasteiger partial charge in [-0.25, -0.2) is 4.79 Å². The summed E-state index contributed by atoms with van der Waals surface area (Å²) in [6.45, 7) is 0. The van der Waals surface area contributed by atoms with E-state index in [4.69, 9.17) is 5.11 Å². The third-order valence-electron chi connectivity index (χ3n) is 2.43. The fraction of sp³-hybridized carbons (Fsp3) is 0.300. The van der Waals surface area contributed by atoms with E-state index in [0.717, 1.165) is 11.3 Å². The number of anilines is 1. The number of carbonyl (C=O) groups excluding carboxylic acids is 2.